The van der Waals surface area contributed by atoms with Crippen LogP contribution in [0.4, 0.5) is 0 Å². The summed E-state index contributed by atoms with van der Waals surface area (Å²) in [5.74, 6) is -0.392. The lowest BCUT2D eigenvalue weighted by Gasteiger charge is -2.17. The Morgan fingerprint density at radius 2 is 2.06 bits per heavy atom. The quantitative estimate of drug-likeness (QED) is 0.614. The molecule has 0 saturated heterocycles. The van der Waals surface area contributed by atoms with Crippen LogP contribution in [0.5, 0.6) is 0 Å². The number of esters is 1. The van der Waals surface area contributed by atoms with E-state index in [2.05, 4.69) is 19.9 Å². The largest absolute Gasteiger partial charge is 0.457 e. The average Bonchev–Trinajstić information content (AvgIpc) is 2.77. The van der Waals surface area contributed by atoms with E-state index in [0.717, 1.165) is 17.6 Å². The van der Waals surface area contributed by atoms with Gasteiger partial charge < -0.3 is 4.74 Å². The van der Waals surface area contributed by atoms with Crippen LogP contribution in [-0.4, -0.2) is 18.4 Å². The molecule has 0 radical (unpaired) electrons. The summed E-state index contributed by atoms with van der Waals surface area (Å²) >= 11 is 0. The molecular weight excluding hydrogens is 228 g/mol. The number of hydrogen-bond donors (Lipinski definition) is 0. The lowest BCUT2D eigenvalue weighted by atomic mass is 9.85. The molecule has 0 aromatic rings. The van der Waals surface area contributed by atoms with Gasteiger partial charge >= 0.3 is 5.97 Å². The number of Topliss-reactive ketones (excluding diaryl/α,β-unsaturated/α-hetero) is 1. The fraction of sp³-hybridized carbons (Fsp3) is 0.467. The smallest absolute Gasteiger partial charge is 0.339 e. The van der Waals surface area contributed by atoms with Gasteiger partial charge in [0.15, 0.2) is 5.78 Å². The molecule has 0 spiro atoms. The third-order valence-corrected chi connectivity index (χ3v) is 3.97. The fourth-order valence-corrected chi connectivity index (χ4v) is 3.12. The molecule has 1 aliphatic heterocycles. The zero-order valence-electron chi connectivity index (χ0n) is 10.9. The van der Waals surface area contributed by atoms with Crippen molar-refractivity contribution in [1.29, 1.82) is 0 Å². The van der Waals surface area contributed by atoms with Gasteiger partial charge in [-0.1, -0.05) is 19.9 Å². The highest BCUT2D eigenvalue weighted by atomic mass is 16.5. The minimum absolute atomic E-state index is 0.0479. The Morgan fingerprint density at radius 1 is 1.33 bits per heavy atom. The van der Waals surface area contributed by atoms with Gasteiger partial charge in [0.1, 0.15) is 6.61 Å². The molecule has 0 aromatic carbocycles. The molecule has 3 rings (SSSR count). The molecule has 1 atom stereocenters. The van der Waals surface area contributed by atoms with Gasteiger partial charge in [0, 0.05) is 11.5 Å². The Balaban J connectivity index is 2.14. The Labute approximate surface area is 106 Å². The summed E-state index contributed by atoms with van der Waals surface area (Å²) in [5.41, 5.74) is 3.18. The van der Waals surface area contributed by atoms with Crippen molar-refractivity contribution < 1.29 is 14.3 Å². The summed E-state index contributed by atoms with van der Waals surface area (Å²) in [5, 5.41) is 0. The van der Waals surface area contributed by atoms with Crippen LogP contribution in [0.1, 0.15) is 27.2 Å². The van der Waals surface area contributed by atoms with Crippen LogP contribution in [0, 0.1) is 11.3 Å². The lowest BCUT2D eigenvalue weighted by Crippen LogP contribution is -2.19. The topological polar surface area (TPSA) is 43.4 Å². The van der Waals surface area contributed by atoms with Crippen molar-refractivity contribution in [3.63, 3.8) is 0 Å². The van der Waals surface area contributed by atoms with Crippen molar-refractivity contribution in [3.05, 3.63) is 34.4 Å². The molecule has 0 amide bonds. The third kappa shape index (κ3) is 1.50. The normalized spacial score (nSPS) is 29.4. The molecule has 0 fully saturated rings. The molecule has 0 aromatic heterocycles. The van der Waals surface area contributed by atoms with Gasteiger partial charge in [-0.25, -0.2) is 4.79 Å². The summed E-state index contributed by atoms with van der Waals surface area (Å²) in [7, 11) is 0. The second kappa shape index (κ2) is 3.44. The average molecular weight is 244 g/mol. The number of carbonyl (C=O) groups excluding carboxylic acids is 2. The SMILES string of the molecule is CC1=CC2=C(COC2=O)C(=O)C2CC(C)(C)C=C12. The van der Waals surface area contributed by atoms with E-state index in [1.165, 1.54) is 0 Å². The number of cyclic esters (lactones) is 1. The van der Waals surface area contributed by atoms with Crippen LogP contribution in [0.2, 0.25) is 0 Å². The maximum absolute atomic E-state index is 12.5. The van der Waals surface area contributed by atoms with E-state index in [4.69, 9.17) is 4.74 Å². The van der Waals surface area contributed by atoms with E-state index in [0.29, 0.717) is 11.1 Å². The van der Waals surface area contributed by atoms with Crippen LogP contribution in [-0.2, 0) is 14.3 Å². The minimum atomic E-state index is -0.363. The molecule has 2 aliphatic carbocycles. The number of hydrogen-bond acceptors (Lipinski definition) is 3. The molecule has 3 heteroatoms. The van der Waals surface area contributed by atoms with E-state index in [1.54, 1.807) is 0 Å². The first-order chi connectivity index (χ1) is 8.39. The molecule has 0 N–H and O–H groups in total. The first-order valence-corrected chi connectivity index (χ1v) is 6.25. The van der Waals surface area contributed by atoms with E-state index in [1.807, 2.05) is 13.0 Å². The van der Waals surface area contributed by atoms with E-state index in [9.17, 15) is 9.59 Å². The Hall–Kier alpha value is -1.64. The molecule has 3 aliphatic rings. The molecule has 0 saturated carbocycles. The van der Waals surface area contributed by atoms with Crippen molar-refractivity contribution >= 4 is 11.8 Å². The molecular formula is C15H16O3. The second-order valence-electron chi connectivity index (χ2n) is 6.00. The highest BCUT2D eigenvalue weighted by Gasteiger charge is 2.42. The van der Waals surface area contributed by atoms with Crippen molar-refractivity contribution in [1.82, 2.24) is 0 Å². The lowest BCUT2D eigenvalue weighted by molar-refractivity contribution is -0.135. The molecule has 0 bridgehead atoms. The second-order valence-corrected chi connectivity index (χ2v) is 6.00. The summed E-state index contributed by atoms with van der Waals surface area (Å²) in [6.45, 7) is 6.39. The van der Waals surface area contributed by atoms with Crippen LogP contribution in [0.25, 0.3) is 0 Å². The zero-order valence-corrected chi connectivity index (χ0v) is 10.9. The summed E-state index contributed by atoms with van der Waals surface area (Å²) in [6, 6.07) is 0. The number of rotatable bonds is 0. The van der Waals surface area contributed by atoms with Crippen molar-refractivity contribution in [3.8, 4) is 0 Å². The minimum Gasteiger partial charge on any atom is -0.457 e. The van der Waals surface area contributed by atoms with E-state index in [-0.39, 0.29) is 29.7 Å². The van der Waals surface area contributed by atoms with E-state index >= 15 is 0 Å². The summed E-state index contributed by atoms with van der Waals surface area (Å²) < 4.78 is 4.98. The molecule has 94 valence electrons. The number of allylic oxidation sites excluding steroid dienone is 3. The van der Waals surface area contributed by atoms with Gasteiger partial charge in [-0.15, -0.1) is 0 Å². The Bertz CT molecular complexity index is 558. The van der Waals surface area contributed by atoms with Gasteiger partial charge in [-0.2, -0.15) is 0 Å². The molecule has 1 heterocycles. The highest BCUT2D eigenvalue weighted by Crippen LogP contribution is 2.46. The zero-order chi connectivity index (χ0) is 13.1. The molecule has 3 nitrogen and oxygen atoms in total. The standard InChI is InChI=1S/C15H16O3/c1-8-4-9-12(7-18-14(9)17)13(16)11-6-15(2,3)5-10(8)11/h4-5,11H,6-7H2,1-3H3. The number of fused-ring (bicyclic) bond motifs is 1. The summed E-state index contributed by atoms with van der Waals surface area (Å²) in [6.07, 6.45) is 4.81. The first kappa shape index (κ1) is 11.5. The van der Waals surface area contributed by atoms with Crippen LogP contribution >= 0.6 is 0 Å². The van der Waals surface area contributed by atoms with Gasteiger partial charge in [0.05, 0.1) is 5.57 Å². The van der Waals surface area contributed by atoms with Gasteiger partial charge in [-0.05, 0) is 36.0 Å². The first-order valence-electron chi connectivity index (χ1n) is 6.25. The maximum Gasteiger partial charge on any atom is 0.339 e. The van der Waals surface area contributed by atoms with Crippen LogP contribution in [0.3, 0.4) is 0 Å². The number of carbonyl (C=O) groups is 2. The fourth-order valence-electron chi connectivity index (χ4n) is 3.12. The van der Waals surface area contributed by atoms with E-state index < -0.39 is 0 Å². The van der Waals surface area contributed by atoms with Gasteiger partial charge in [0.25, 0.3) is 0 Å². The highest BCUT2D eigenvalue weighted by molar-refractivity contribution is 6.11. The Morgan fingerprint density at radius 3 is 2.78 bits per heavy atom. The third-order valence-electron chi connectivity index (χ3n) is 3.97. The summed E-state index contributed by atoms with van der Waals surface area (Å²) in [4.78, 5) is 24.1. The van der Waals surface area contributed by atoms with Crippen molar-refractivity contribution in [2.75, 3.05) is 6.61 Å². The Kier molecular flexibility index (Phi) is 2.19. The predicted molar refractivity (Wildman–Crippen MR) is 66.7 cm³/mol. The number of ketones is 1. The van der Waals surface area contributed by atoms with Gasteiger partial charge in [0.2, 0.25) is 0 Å². The van der Waals surface area contributed by atoms with Crippen LogP contribution in [0.15, 0.2) is 34.4 Å². The maximum atomic E-state index is 12.5. The van der Waals surface area contributed by atoms with Crippen LogP contribution < -0.4 is 0 Å². The molecule has 18 heavy (non-hydrogen) atoms. The monoisotopic (exact) mass is 244 g/mol. The van der Waals surface area contributed by atoms with Crippen molar-refractivity contribution in [2.45, 2.75) is 27.2 Å². The molecule has 1 unspecified atom stereocenters. The van der Waals surface area contributed by atoms with Crippen molar-refractivity contribution in [2.24, 2.45) is 11.3 Å². The van der Waals surface area contributed by atoms with Gasteiger partial charge in [-0.3, -0.25) is 4.79 Å². The predicted octanol–water partition coefficient (Wildman–Crippen LogP) is 2.34. The number of ether oxygens (including phenoxy) is 1.